The lowest BCUT2D eigenvalue weighted by atomic mass is 9.94. The Balaban J connectivity index is 1.30. The third kappa shape index (κ3) is 4.61. The molecule has 50 heavy (non-hydrogen) atoms. The van der Waals surface area contributed by atoms with Gasteiger partial charge in [-0.15, -0.1) is 0 Å². The molecular formula is C46H30N4. The van der Waals surface area contributed by atoms with Crippen LogP contribution in [-0.2, 0) is 0 Å². The first-order chi connectivity index (χ1) is 24.8. The van der Waals surface area contributed by atoms with Crippen molar-refractivity contribution in [2.24, 2.45) is 0 Å². The molecule has 0 aliphatic heterocycles. The second-order valence-corrected chi connectivity index (χ2v) is 12.7. The summed E-state index contributed by atoms with van der Waals surface area (Å²) < 4.78 is 4.39. The van der Waals surface area contributed by atoms with Crippen LogP contribution in [0.4, 0.5) is 0 Å². The average Bonchev–Trinajstić information content (AvgIpc) is 3.78. The molecule has 0 radical (unpaired) electrons. The summed E-state index contributed by atoms with van der Waals surface area (Å²) in [4.78, 5) is 10.8. The van der Waals surface area contributed by atoms with Gasteiger partial charge < -0.3 is 4.57 Å². The first-order valence-electron chi connectivity index (χ1n) is 16.9. The Morgan fingerprint density at radius 1 is 0.400 bits per heavy atom. The van der Waals surface area contributed by atoms with Crippen LogP contribution in [0, 0.1) is 0 Å². The molecule has 0 aliphatic rings. The van der Waals surface area contributed by atoms with Crippen LogP contribution in [0.25, 0.3) is 88.6 Å². The van der Waals surface area contributed by atoms with E-state index in [0.717, 1.165) is 61.1 Å². The number of nitrogens with zero attached hydrogens (tertiary/aromatic N) is 4. The molecule has 0 saturated carbocycles. The molecule has 0 amide bonds. The Labute approximate surface area is 289 Å². The summed E-state index contributed by atoms with van der Waals surface area (Å²) in [6, 6.07) is 60.0. The number of fused-ring (bicyclic) bond motifs is 6. The molecule has 0 atom stereocenters. The summed E-state index contributed by atoms with van der Waals surface area (Å²) in [7, 11) is 0. The molecule has 234 valence electrons. The molecule has 10 rings (SSSR count). The smallest absolute Gasteiger partial charge is 0.235 e. The number of hydrogen-bond donors (Lipinski definition) is 0. The highest BCUT2D eigenvalue weighted by atomic mass is 15.2. The van der Waals surface area contributed by atoms with E-state index in [1.807, 2.05) is 6.07 Å². The highest BCUT2D eigenvalue weighted by Crippen LogP contribution is 2.39. The summed E-state index contributed by atoms with van der Waals surface area (Å²) in [6.07, 6.45) is 4.29. The Hall–Kier alpha value is -6.78. The summed E-state index contributed by atoms with van der Waals surface area (Å²) in [5, 5.41) is 5.82. The first-order valence-corrected chi connectivity index (χ1v) is 16.9. The zero-order valence-corrected chi connectivity index (χ0v) is 27.1. The van der Waals surface area contributed by atoms with E-state index in [1.54, 1.807) is 0 Å². The van der Waals surface area contributed by atoms with E-state index < -0.39 is 0 Å². The van der Waals surface area contributed by atoms with Crippen LogP contribution in [0.1, 0.15) is 0 Å². The molecule has 0 unspecified atom stereocenters. The third-order valence-electron chi connectivity index (χ3n) is 9.73. The molecule has 4 heteroatoms. The fourth-order valence-electron chi connectivity index (χ4n) is 7.39. The van der Waals surface area contributed by atoms with Crippen LogP contribution >= 0.6 is 0 Å². The lowest BCUT2D eigenvalue weighted by molar-refractivity contribution is 1.01. The molecule has 4 nitrogen and oxygen atoms in total. The van der Waals surface area contributed by atoms with E-state index in [-0.39, 0.29) is 0 Å². The Morgan fingerprint density at radius 3 is 1.72 bits per heavy atom. The van der Waals surface area contributed by atoms with Gasteiger partial charge >= 0.3 is 0 Å². The maximum absolute atomic E-state index is 5.51. The van der Waals surface area contributed by atoms with Crippen LogP contribution in [0.3, 0.4) is 0 Å². The molecule has 0 bridgehead atoms. The number of aromatic nitrogens is 4. The van der Waals surface area contributed by atoms with Gasteiger partial charge in [0.2, 0.25) is 5.95 Å². The second kappa shape index (κ2) is 11.4. The highest BCUT2D eigenvalue weighted by molar-refractivity contribution is 6.21. The van der Waals surface area contributed by atoms with Gasteiger partial charge in [0.05, 0.1) is 22.2 Å². The van der Waals surface area contributed by atoms with E-state index in [1.165, 1.54) is 21.5 Å². The Kier molecular flexibility index (Phi) is 6.46. The molecule has 0 fully saturated rings. The van der Waals surface area contributed by atoms with Crippen LogP contribution in [-0.4, -0.2) is 19.1 Å². The Bertz CT molecular complexity index is 2790. The zero-order valence-electron chi connectivity index (χ0n) is 27.1. The van der Waals surface area contributed by atoms with E-state index in [4.69, 9.17) is 9.97 Å². The summed E-state index contributed by atoms with van der Waals surface area (Å²) >= 11 is 0. The van der Waals surface area contributed by atoms with Gasteiger partial charge in [0.15, 0.2) is 0 Å². The average molecular weight is 639 g/mol. The fourth-order valence-corrected chi connectivity index (χ4v) is 7.39. The van der Waals surface area contributed by atoms with Crippen molar-refractivity contribution in [2.75, 3.05) is 0 Å². The minimum Gasteiger partial charge on any atom is -0.321 e. The van der Waals surface area contributed by atoms with Crippen LogP contribution in [0.5, 0.6) is 0 Å². The van der Waals surface area contributed by atoms with E-state index in [0.29, 0.717) is 5.95 Å². The minimum absolute atomic E-state index is 0.645. The molecular weight excluding hydrogens is 609 g/mol. The lowest BCUT2D eigenvalue weighted by Gasteiger charge is -2.13. The predicted octanol–water partition coefficient (Wildman–Crippen LogP) is 11.7. The van der Waals surface area contributed by atoms with Gasteiger partial charge in [-0.1, -0.05) is 127 Å². The Morgan fingerprint density at radius 2 is 1.00 bits per heavy atom. The monoisotopic (exact) mass is 638 g/mol. The molecule has 3 aromatic heterocycles. The first kappa shape index (κ1) is 28.3. The van der Waals surface area contributed by atoms with Crippen molar-refractivity contribution in [1.29, 1.82) is 0 Å². The van der Waals surface area contributed by atoms with Crippen molar-refractivity contribution in [2.45, 2.75) is 0 Å². The normalized spacial score (nSPS) is 11.6. The van der Waals surface area contributed by atoms with Crippen molar-refractivity contribution in [3.05, 3.63) is 182 Å². The molecule has 7 aromatic carbocycles. The molecule has 3 heterocycles. The van der Waals surface area contributed by atoms with Gasteiger partial charge in [-0.05, 0) is 75.5 Å². The van der Waals surface area contributed by atoms with Crippen LogP contribution in [0.2, 0.25) is 0 Å². The molecule has 0 saturated heterocycles. The largest absolute Gasteiger partial charge is 0.321 e. The molecule has 0 aliphatic carbocycles. The van der Waals surface area contributed by atoms with Gasteiger partial charge in [0.25, 0.3) is 0 Å². The maximum atomic E-state index is 5.51. The van der Waals surface area contributed by atoms with Crippen molar-refractivity contribution in [3.63, 3.8) is 0 Å². The van der Waals surface area contributed by atoms with E-state index in [9.17, 15) is 0 Å². The predicted molar refractivity (Wildman–Crippen MR) is 207 cm³/mol. The van der Waals surface area contributed by atoms with Crippen LogP contribution < -0.4 is 0 Å². The van der Waals surface area contributed by atoms with Gasteiger partial charge in [-0.3, -0.25) is 4.57 Å². The topological polar surface area (TPSA) is 35.6 Å². The van der Waals surface area contributed by atoms with E-state index in [2.05, 4.69) is 185 Å². The number of rotatable bonds is 5. The zero-order chi connectivity index (χ0) is 33.0. The SMILES string of the molecule is c1ccc(-c2cc(-c3ccccc3)cc(-c3nc(-n4c5ccccc5c5c6ccccc6ccc54)nc4cn(-c5ccccc5)cc34)c2)cc1. The number of para-hydroxylation sites is 2. The van der Waals surface area contributed by atoms with Crippen molar-refractivity contribution in [3.8, 4) is 45.1 Å². The molecule has 0 N–H and O–H groups in total. The molecule has 0 spiro atoms. The lowest BCUT2D eigenvalue weighted by Crippen LogP contribution is -2.03. The van der Waals surface area contributed by atoms with Gasteiger partial charge in [-0.25, -0.2) is 9.97 Å². The van der Waals surface area contributed by atoms with Crippen molar-refractivity contribution in [1.82, 2.24) is 19.1 Å². The van der Waals surface area contributed by atoms with Gasteiger partial charge in [0.1, 0.15) is 0 Å². The second-order valence-electron chi connectivity index (χ2n) is 12.7. The maximum Gasteiger partial charge on any atom is 0.235 e. The summed E-state index contributed by atoms with van der Waals surface area (Å²) in [5.41, 5.74) is 10.6. The van der Waals surface area contributed by atoms with Crippen LogP contribution in [0.15, 0.2) is 182 Å². The quantitative estimate of drug-likeness (QED) is 0.188. The van der Waals surface area contributed by atoms with Gasteiger partial charge in [-0.2, -0.15) is 0 Å². The van der Waals surface area contributed by atoms with Crippen molar-refractivity contribution < 1.29 is 0 Å². The minimum atomic E-state index is 0.645. The number of benzene rings is 7. The van der Waals surface area contributed by atoms with Crippen molar-refractivity contribution >= 4 is 43.5 Å². The third-order valence-corrected chi connectivity index (χ3v) is 9.73. The van der Waals surface area contributed by atoms with E-state index >= 15 is 0 Å². The summed E-state index contributed by atoms with van der Waals surface area (Å²) in [6.45, 7) is 0. The molecule has 10 aromatic rings. The van der Waals surface area contributed by atoms with Gasteiger partial charge in [0, 0.05) is 39.8 Å². The standard InChI is InChI=1S/C46H30N4/c1-4-14-31(15-5-1)34-26-35(32-16-6-2-7-17-32)28-36(27-34)45-40-29-49(37-19-8-3-9-20-37)30-41(40)47-46(48-45)50-42-23-13-12-22-39(42)44-38-21-11-10-18-33(38)24-25-43(44)50/h1-30H. The highest BCUT2D eigenvalue weighted by Gasteiger charge is 2.20. The number of hydrogen-bond acceptors (Lipinski definition) is 2. The summed E-state index contributed by atoms with van der Waals surface area (Å²) in [5.74, 6) is 0.645. The fraction of sp³-hybridized carbons (Fsp3) is 0.